The first-order chi connectivity index (χ1) is 7.27. The van der Waals surface area contributed by atoms with Gasteiger partial charge in [-0.15, -0.1) is 0 Å². The number of ether oxygens (including phenoxy) is 1. The van der Waals surface area contributed by atoms with Crippen molar-refractivity contribution in [1.82, 2.24) is 0 Å². The summed E-state index contributed by atoms with van der Waals surface area (Å²) < 4.78 is 17.9. The van der Waals surface area contributed by atoms with Crippen molar-refractivity contribution in [2.75, 3.05) is 26.0 Å². The first-order valence-electron chi connectivity index (χ1n) is 4.84. The van der Waals surface area contributed by atoms with Crippen molar-refractivity contribution < 1.29 is 9.13 Å². The zero-order valence-corrected chi connectivity index (χ0v) is 9.60. The standard InChI is InChI=1S/C11H16FNOS/c1-14-5-6-15-11(8-13)9-3-2-4-10(12)7-9/h2-4,7,11H,5-6,8,13H2,1H3. The minimum Gasteiger partial charge on any atom is -0.384 e. The highest BCUT2D eigenvalue weighted by Crippen LogP contribution is 2.27. The number of methoxy groups -OCH3 is 1. The summed E-state index contributed by atoms with van der Waals surface area (Å²) >= 11 is 1.69. The molecule has 0 fully saturated rings. The molecule has 0 aliphatic rings. The maximum absolute atomic E-state index is 13.0. The van der Waals surface area contributed by atoms with Gasteiger partial charge in [0.25, 0.3) is 0 Å². The summed E-state index contributed by atoms with van der Waals surface area (Å²) in [5, 5.41) is 0.149. The largest absolute Gasteiger partial charge is 0.384 e. The monoisotopic (exact) mass is 229 g/mol. The Morgan fingerprint density at radius 3 is 2.93 bits per heavy atom. The summed E-state index contributed by atoms with van der Waals surface area (Å²) in [6.45, 7) is 1.20. The number of nitrogens with two attached hydrogens (primary N) is 1. The Bertz CT molecular complexity index is 296. The maximum atomic E-state index is 13.0. The molecular weight excluding hydrogens is 213 g/mol. The number of rotatable bonds is 6. The van der Waals surface area contributed by atoms with Crippen LogP contribution in [0.1, 0.15) is 10.8 Å². The van der Waals surface area contributed by atoms with E-state index in [1.807, 2.05) is 6.07 Å². The van der Waals surface area contributed by atoms with Gasteiger partial charge in [-0.2, -0.15) is 11.8 Å². The van der Waals surface area contributed by atoms with E-state index in [4.69, 9.17) is 10.5 Å². The van der Waals surface area contributed by atoms with E-state index in [9.17, 15) is 4.39 Å². The van der Waals surface area contributed by atoms with Gasteiger partial charge in [-0.25, -0.2) is 4.39 Å². The van der Waals surface area contributed by atoms with Gasteiger partial charge in [0.2, 0.25) is 0 Å². The van der Waals surface area contributed by atoms with E-state index in [1.54, 1.807) is 24.9 Å². The summed E-state index contributed by atoms with van der Waals surface area (Å²) in [7, 11) is 1.67. The molecule has 1 aromatic carbocycles. The average Bonchev–Trinajstić information content (AvgIpc) is 2.24. The second kappa shape index (κ2) is 6.82. The normalized spacial score (nSPS) is 12.7. The Hall–Kier alpha value is -0.580. The molecule has 0 spiro atoms. The van der Waals surface area contributed by atoms with Crippen molar-refractivity contribution in [2.24, 2.45) is 5.73 Å². The number of benzene rings is 1. The third-order valence-corrected chi connectivity index (χ3v) is 3.31. The van der Waals surface area contributed by atoms with Gasteiger partial charge in [-0.3, -0.25) is 0 Å². The van der Waals surface area contributed by atoms with Gasteiger partial charge in [0, 0.05) is 24.7 Å². The molecule has 4 heteroatoms. The molecule has 0 bridgehead atoms. The highest BCUT2D eigenvalue weighted by molar-refractivity contribution is 7.99. The lowest BCUT2D eigenvalue weighted by Crippen LogP contribution is -2.11. The fourth-order valence-corrected chi connectivity index (χ4v) is 2.30. The number of thioether (sulfide) groups is 1. The van der Waals surface area contributed by atoms with Gasteiger partial charge in [-0.05, 0) is 17.7 Å². The molecule has 0 aliphatic carbocycles. The topological polar surface area (TPSA) is 35.2 Å². The van der Waals surface area contributed by atoms with Crippen LogP contribution in [0.2, 0.25) is 0 Å². The van der Waals surface area contributed by atoms with Crippen LogP contribution in [0.15, 0.2) is 24.3 Å². The zero-order chi connectivity index (χ0) is 11.1. The van der Waals surface area contributed by atoms with E-state index in [0.717, 1.165) is 11.3 Å². The Kier molecular flexibility index (Phi) is 5.68. The molecule has 0 radical (unpaired) electrons. The maximum Gasteiger partial charge on any atom is 0.123 e. The van der Waals surface area contributed by atoms with Gasteiger partial charge in [-0.1, -0.05) is 12.1 Å². The molecule has 2 N–H and O–H groups in total. The Morgan fingerprint density at radius 2 is 2.33 bits per heavy atom. The summed E-state index contributed by atoms with van der Waals surface area (Å²) in [5.74, 6) is 0.660. The molecule has 1 rings (SSSR count). The Balaban J connectivity index is 2.57. The third-order valence-electron chi connectivity index (χ3n) is 2.04. The van der Waals surface area contributed by atoms with Crippen molar-refractivity contribution in [2.45, 2.75) is 5.25 Å². The fourth-order valence-electron chi connectivity index (χ4n) is 1.28. The minimum atomic E-state index is -0.210. The highest BCUT2D eigenvalue weighted by Gasteiger charge is 2.10. The molecule has 84 valence electrons. The number of hydrogen-bond donors (Lipinski definition) is 1. The van der Waals surface area contributed by atoms with Crippen LogP contribution in [-0.2, 0) is 4.74 Å². The van der Waals surface area contributed by atoms with E-state index < -0.39 is 0 Å². The molecule has 0 saturated heterocycles. The summed E-state index contributed by atoms with van der Waals surface area (Å²) in [4.78, 5) is 0. The second-order valence-electron chi connectivity index (χ2n) is 3.14. The van der Waals surface area contributed by atoms with Crippen molar-refractivity contribution in [3.63, 3.8) is 0 Å². The summed E-state index contributed by atoms with van der Waals surface area (Å²) in [5.41, 5.74) is 6.60. The predicted octanol–water partition coefficient (Wildman–Crippen LogP) is 2.21. The van der Waals surface area contributed by atoms with Gasteiger partial charge in [0.05, 0.1) is 6.61 Å². The van der Waals surface area contributed by atoms with E-state index in [1.165, 1.54) is 12.1 Å². The van der Waals surface area contributed by atoms with E-state index in [-0.39, 0.29) is 11.1 Å². The SMILES string of the molecule is COCCSC(CN)c1cccc(F)c1. The van der Waals surface area contributed by atoms with Crippen LogP contribution >= 0.6 is 11.8 Å². The molecular formula is C11H16FNOS. The van der Waals surface area contributed by atoms with Crippen LogP contribution in [0.3, 0.4) is 0 Å². The Morgan fingerprint density at radius 1 is 1.53 bits per heavy atom. The first-order valence-corrected chi connectivity index (χ1v) is 5.89. The molecule has 2 nitrogen and oxygen atoms in total. The molecule has 0 aliphatic heterocycles. The number of halogens is 1. The van der Waals surface area contributed by atoms with Gasteiger partial charge >= 0.3 is 0 Å². The fraction of sp³-hybridized carbons (Fsp3) is 0.455. The highest BCUT2D eigenvalue weighted by atomic mass is 32.2. The van der Waals surface area contributed by atoms with Crippen LogP contribution in [0.5, 0.6) is 0 Å². The van der Waals surface area contributed by atoms with Crippen LogP contribution < -0.4 is 5.73 Å². The molecule has 1 aromatic rings. The quantitative estimate of drug-likeness (QED) is 0.760. The summed E-state index contributed by atoms with van der Waals surface area (Å²) in [6.07, 6.45) is 0. The Labute approximate surface area is 94.0 Å². The van der Waals surface area contributed by atoms with Crippen LogP contribution in [0.25, 0.3) is 0 Å². The van der Waals surface area contributed by atoms with E-state index in [0.29, 0.717) is 13.2 Å². The van der Waals surface area contributed by atoms with Crippen molar-refractivity contribution in [3.8, 4) is 0 Å². The molecule has 1 unspecified atom stereocenters. The number of hydrogen-bond acceptors (Lipinski definition) is 3. The smallest absolute Gasteiger partial charge is 0.123 e. The van der Waals surface area contributed by atoms with Gasteiger partial charge in [0.15, 0.2) is 0 Å². The zero-order valence-electron chi connectivity index (χ0n) is 8.78. The average molecular weight is 229 g/mol. The van der Waals surface area contributed by atoms with Crippen molar-refractivity contribution >= 4 is 11.8 Å². The van der Waals surface area contributed by atoms with Gasteiger partial charge in [0.1, 0.15) is 5.82 Å². The lowest BCUT2D eigenvalue weighted by molar-refractivity contribution is 0.218. The second-order valence-corrected chi connectivity index (χ2v) is 4.45. The van der Waals surface area contributed by atoms with Crippen molar-refractivity contribution in [3.05, 3.63) is 35.6 Å². The van der Waals surface area contributed by atoms with Crippen molar-refractivity contribution in [1.29, 1.82) is 0 Å². The molecule has 1 atom stereocenters. The van der Waals surface area contributed by atoms with Crippen LogP contribution in [0, 0.1) is 5.82 Å². The van der Waals surface area contributed by atoms with Crippen LogP contribution in [-0.4, -0.2) is 26.0 Å². The van der Waals surface area contributed by atoms with Crippen LogP contribution in [0.4, 0.5) is 4.39 Å². The van der Waals surface area contributed by atoms with E-state index in [2.05, 4.69) is 0 Å². The van der Waals surface area contributed by atoms with E-state index >= 15 is 0 Å². The molecule has 0 aromatic heterocycles. The third kappa shape index (κ3) is 4.20. The molecule has 0 saturated carbocycles. The molecule has 15 heavy (non-hydrogen) atoms. The minimum absolute atomic E-state index is 0.149. The lowest BCUT2D eigenvalue weighted by Gasteiger charge is -2.14. The lowest BCUT2D eigenvalue weighted by atomic mass is 10.1. The summed E-state index contributed by atoms with van der Waals surface area (Å²) in [6, 6.07) is 6.60. The molecule has 0 amide bonds. The molecule has 0 heterocycles. The van der Waals surface area contributed by atoms with Gasteiger partial charge < -0.3 is 10.5 Å². The predicted molar refractivity (Wildman–Crippen MR) is 62.5 cm³/mol. The first kappa shape index (κ1) is 12.5.